The Morgan fingerprint density at radius 1 is 0.769 bits per heavy atom. The van der Waals surface area contributed by atoms with Crippen LogP contribution in [-0.2, 0) is 40.0 Å². The van der Waals surface area contributed by atoms with Gasteiger partial charge in [0.25, 0.3) is 0 Å². The lowest BCUT2D eigenvalue weighted by Crippen LogP contribution is -2.61. The van der Waals surface area contributed by atoms with Crippen molar-refractivity contribution in [3.8, 4) is 5.75 Å². The summed E-state index contributed by atoms with van der Waals surface area (Å²) < 4.78 is 0. The van der Waals surface area contributed by atoms with Crippen molar-refractivity contribution in [1.29, 1.82) is 0 Å². The zero-order valence-corrected chi connectivity index (χ0v) is 38.0. The van der Waals surface area contributed by atoms with Gasteiger partial charge in [0.2, 0.25) is 35.4 Å². The number of aliphatic imine (C=N–C) groups is 2. The lowest BCUT2D eigenvalue weighted by Gasteiger charge is -2.34. The number of hydrogen-bond donors (Lipinski definition) is 12. The second kappa shape index (κ2) is 27.8. The van der Waals surface area contributed by atoms with Crippen LogP contribution in [0.5, 0.6) is 5.75 Å². The number of hydrogen-bond acceptors (Lipinski definition) is 12. The maximum atomic E-state index is 14.3. The molecule has 0 unspecified atom stereocenters. The number of nitrogens with zero attached hydrogens (tertiary/aromatic N) is 4. The molecular formula is C42H72N14O9. The van der Waals surface area contributed by atoms with Crippen molar-refractivity contribution >= 4 is 53.3 Å². The van der Waals surface area contributed by atoms with Gasteiger partial charge in [0.15, 0.2) is 11.9 Å². The molecule has 1 saturated heterocycles. The van der Waals surface area contributed by atoms with Crippen molar-refractivity contribution in [2.75, 3.05) is 33.2 Å². The summed E-state index contributed by atoms with van der Waals surface area (Å²) in [5, 5.41) is 30.0. The van der Waals surface area contributed by atoms with Gasteiger partial charge in [-0.1, -0.05) is 39.3 Å². The number of carbonyl (C=O) groups is 7. The first kappa shape index (κ1) is 54.9. The number of phenols is 1. The van der Waals surface area contributed by atoms with Crippen molar-refractivity contribution in [3.05, 3.63) is 29.8 Å². The molecule has 0 bridgehead atoms. The summed E-state index contributed by atoms with van der Waals surface area (Å²) >= 11 is 0. The van der Waals surface area contributed by atoms with Crippen LogP contribution in [-0.4, -0.2) is 149 Å². The number of rotatable bonds is 28. The first-order valence-electron chi connectivity index (χ1n) is 22.1. The molecule has 0 radical (unpaired) electrons. The number of guanidine groups is 2. The van der Waals surface area contributed by atoms with E-state index in [0.717, 1.165) is 0 Å². The first-order valence-corrected chi connectivity index (χ1v) is 22.1. The second-order valence-electron chi connectivity index (χ2n) is 16.6. The van der Waals surface area contributed by atoms with Gasteiger partial charge < -0.3 is 75.7 Å². The quantitative estimate of drug-likeness (QED) is 0.0233. The number of aliphatic carboxylic acids is 1. The number of carboxylic acid groups (broad SMARTS) is 1. The normalized spacial score (nSPS) is 16.2. The molecule has 23 heteroatoms. The van der Waals surface area contributed by atoms with Gasteiger partial charge in [-0.15, -0.1) is 0 Å². The van der Waals surface area contributed by atoms with Gasteiger partial charge in [-0.25, -0.2) is 4.79 Å². The third kappa shape index (κ3) is 18.8. The zero-order chi connectivity index (χ0) is 48.8. The van der Waals surface area contributed by atoms with E-state index >= 15 is 0 Å². The molecule has 65 heavy (non-hydrogen) atoms. The van der Waals surface area contributed by atoms with Crippen LogP contribution in [0, 0.1) is 5.92 Å². The molecule has 1 aliphatic heterocycles. The van der Waals surface area contributed by atoms with Crippen LogP contribution < -0.4 is 55.7 Å². The number of carbonyl (C=O) groups excluding carboxylic acids is 6. The summed E-state index contributed by atoms with van der Waals surface area (Å²) in [6, 6.07) is -2.33. The maximum Gasteiger partial charge on any atom is 0.326 e. The number of carboxylic acids is 1. The summed E-state index contributed by atoms with van der Waals surface area (Å²) in [7, 11) is 1.43. The van der Waals surface area contributed by atoms with Gasteiger partial charge in [-0.3, -0.25) is 38.8 Å². The van der Waals surface area contributed by atoms with Gasteiger partial charge >= 0.3 is 5.97 Å². The predicted octanol–water partition coefficient (Wildman–Crippen LogP) is -2.59. The topological polar surface area (TPSA) is 395 Å². The highest BCUT2D eigenvalue weighted by molar-refractivity contribution is 5.97. The van der Waals surface area contributed by atoms with Crippen LogP contribution in [0.4, 0.5) is 0 Å². The van der Waals surface area contributed by atoms with Crippen molar-refractivity contribution in [2.24, 2.45) is 50.3 Å². The fourth-order valence-corrected chi connectivity index (χ4v) is 7.23. The molecule has 0 aliphatic carbocycles. The smallest absolute Gasteiger partial charge is 0.326 e. The molecule has 6 amide bonds. The highest BCUT2D eigenvalue weighted by atomic mass is 16.4. The van der Waals surface area contributed by atoms with Crippen LogP contribution in [0.3, 0.4) is 0 Å². The van der Waals surface area contributed by atoms with Crippen molar-refractivity contribution < 1.29 is 43.8 Å². The molecule has 1 fully saturated rings. The van der Waals surface area contributed by atoms with Crippen LogP contribution in [0.15, 0.2) is 34.3 Å². The molecule has 0 spiro atoms. The minimum absolute atomic E-state index is 0.0436. The Kier molecular flexibility index (Phi) is 23.5. The van der Waals surface area contributed by atoms with E-state index in [4.69, 9.17) is 34.4 Å². The number of nitrogens with one attached hydrogen (secondary N) is 4. The number of benzene rings is 1. The third-order valence-corrected chi connectivity index (χ3v) is 10.9. The van der Waals surface area contributed by atoms with E-state index in [1.54, 1.807) is 6.92 Å². The van der Waals surface area contributed by atoms with Crippen molar-refractivity contribution in [1.82, 2.24) is 31.1 Å². The van der Waals surface area contributed by atoms with Gasteiger partial charge in [-0.2, -0.15) is 0 Å². The van der Waals surface area contributed by atoms with E-state index in [-0.39, 0.29) is 81.7 Å². The molecule has 0 saturated carbocycles. The molecule has 23 nitrogen and oxygen atoms in total. The molecule has 7 atom stereocenters. The van der Waals surface area contributed by atoms with E-state index < -0.39 is 90.3 Å². The average Bonchev–Trinajstić information content (AvgIpc) is 3.74. The average molecular weight is 917 g/mol. The summed E-state index contributed by atoms with van der Waals surface area (Å²) in [6.07, 6.45) is 2.90. The fourth-order valence-electron chi connectivity index (χ4n) is 7.23. The summed E-state index contributed by atoms with van der Waals surface area (Å²) in [5.74, 6) is -5.45. The van der Waals surface area contributed by atoms with Crippen molar-refractivity contribution in [3.63, 3.8) is 0 Å². The number of nitrogens with two attached hydrogens (primary N) is 6. The highest BCUT2D eigenvalue weighted by Crippen LogP contribution is 2.23. The molecular weight excluding hydrogens is 845 g/mol. The Labute approximate surface area is 380 Å². The van der Waals surface area contributed by atoms with E-state index in [9.17, 15) is 43.8 Å². The molecule has 364 valence electrons. The van der Waals surface area contributed by atoms with Gasteiger partial charge in [0.1, 0.15) is 42.0 Å². The Hall–Kier alpha value is -6.23. The number of likely N-dealkylation sites (N-methyl/N-ethyl adjacent to an activating group) is 1. The van der Waals surface area contributed by atoms with Gasteiger partial charge in [0.05, 0.1) is 6.04 Å². The Bertz CT molecular complexity index is 1800. The highest BCUT2D eigenvalue weighted by Gasteiger charge is 2.41. The minimum atomic E-state index is -1.38. The molecule has 1 aromatic rings. The third-order valence-electron chi connectivity index (χ3n) is 10.9. The van der Waals surface area contributed by atoms with Gasteiger partial charge in [-0.05, 0) is 81.4 Å². The summed E-state index contributed by atoms with van der Waals surface area (Å²) in [6.45, 7) is 5.88. The van der Waals surface area contributed by atoms with Crippen LogP contribution in [0.1, 0.15) is 90.5 Å². The molecule has 0 aromatic heterocycles. The molecule has 18 N–H and O–H groups in total. The number of phenolic OH excluding ortho intramolecular Hbond substituents is 1. The molecule has 1 aromatic carbocycles. The number of aromatic hydroxyl groups is 1. The van der Waals surface area contributed by atoms with E-state index in [1.165, 1.54) is 41.1 Å². The molecule has 2 rings (SSSR count). The van der Waals surface area contributed by atoms with Crippen LogP contribution in [0.2, 0.25) is 0 Å². The standard InChI is InChI=1S/C42H72N14O9/c1-5-9-28(34(58)53-30(22-25-14-16-26(57)17-15-25)35(59)54-31(23-43)36(60)52-29(40(64)65)18-13-24(2)3)51-37(61)32(11-7-20-50-42(47)48)55(4)39(63)33-12-8-21-56(33)38(62)27(44)10-6-19-49-41(45)46/h14-17,24,27-33,57H,5-13,18-23,43-44H2,1-4H3,(H,51,61)(H,52,60)(H,53,58)(H,54,59)(H,64,65)(H4,45,46,49)(H4,47,48,50)/t27-,28-,29-,30-,31-,32-,33-/m0/s1. The van der Waals surface area contributed by atoms with Crippen LogP contribution >= 0.6 is 0 Å². The summed E-state index contributed by atoms with van der Waals surface area (Å²) in [5.41, 5.74) is 34.4. The minimum Gasteiger partial charge on any atom is -0.508 e. The van der Waals surface area contributed by atoms with E-state index in [1.807, 2.05) is 13.8 Å². The molecule has 1 aliphatic rings. The lowest BCUT2D eigenvalue weighted by atomic mass is 10.0. The van der Waals surface area contributed by atoms with E-state index in [2.05, 4.69) is 31.3 Å². The Balaban J connectivity index is 2.37. The fraction of sp³-hybridized carbons (Fsp3) is 0.643. The van der Waals surface area contributed by atoms with Crippen LogP contribution in [0.25, 0.3) is 0 Å². The number of amides is 6. The Morgan fingerprint density at radius 2 is 1.31 bits per heavy atom. The second-order valence-corrected chi connectivity index (χ2v) is 16.6. The largest absolute Gasteiger partial charge is 0.508 e. The Morgan fingerprint density at radius 3 is 1.86 bits per heavy atom. The van der Waals surface area contributed by atoms with Crippen molar-refractivity contribution in [2.45, 2.75) is 134 Å². The number of likely N-dealkylation sites (tertiary alicyclic amines) is 1. The lowest BCUT2D eigenvalue weighted by molar-refractivity contribution is -0.148. The van der Waals surface area contributed by atoms with E-state index in [0.29, 0.717) is 37.7 Å². The monoisotopic (exact) mass is 917 g/mol. The SMILES string of the molecule is CCC[C@H](NC(=O)[C@H](CCCN=C(N)N)N(C)C(=O)[C@@H]1CCCN1C(=O)[C@@H](N)CCCN=C(N)N)C(=O)N[C@@H](Cc1ccc(O)cc1)C(=O)N[C@@H](CN)C(=O)N[C@@H](CCC(C)C)C(=O)O. The predicted molar refractivity (Wildman–Crippen MR) is 244 cm³/mol. The first-order chi connectivity index (χ1) is 30.7. The van der Waals surface area contributed by atoms with Gasteiger partial charge in [0, 0.05) is 39.6 Å². The zero-order valence-electron chi connectivity index (χ0n) is 38.0. The maximum absolute atomic E-state index is 14.3. The molecule has 1 heterocycles. The summed E-state index contributed by atoms with van der Waals surface area (Å²) in [4.78, 5) is 106.